The summed E-state index contributed by atoms with van der Waals surface area (Å²) in [6.45, 7) is 4.91. The van der Waals surface area contributed by atoms with Gasteiger partial charge in [0.15, 0.2) is 68.6 Å². The third-order valence-corrected chi connectivity index (χ3v) is 41.3. The highest BCUT2D eigenvalue weighted by atomic mass is 28.3. The average molecular weight is 1850 g/mol. The second kappa shape index (κ2) is 37.1. The molecule has 3 aromatic heterocycles. The minimum Gasteiger partial charge on any atom is -0.208 e. The fourth-order valence-electron chi connectivity index (χ4n) is 21.3. The van der Waals surface area contributed by atoms with Crippen LogP contribution in [0.4, 0.5) is 0 Å². The lowest BCUT2D eigenvalue weighted by molar-refractivity contribution is 1.07. The van der Waals surface area contributed by atoms with Gasteiger partial charge in [-0.05, 0) is 135 Å². The summed E-state index contributed by atoms with van der Waals surface area (Å²) in [5.74, 6) is 6.02. The summed E-state index contributed by atoms with van der Waals surface area (Å²) >= 11 is 0. The van der Waals surface area contributed by atoms with Crippen LogP contribution in [0.25, 0.3) is 180 Å². The van der Waals surface area contributed by atoms with Crippen molar-refractivity contribution >= 4 is 86.9 Å². The maximum Gasteiger partial charge on any atom is 0.180 e. The van der Waals surface area contributed by atoms with Gasteiger partial charge in [-0.25, -0.2) is 44.9 Å². The Hall–Kier alpha value is -17.7. The van der Waals surface area contributed by atoms with E-state index in [2.05, 4.69) is 456 Å². The van der Waals surface area contributed by atoms with Crippen molar-refractivity contribution < 1.29 is 0 Å². The van der Waals surface area contributed by atoms with Crippen LogP contribution in [0, 0.1) is 0 Å². The van der Waals surface area contributed by atoms with Gasteiger partial charge in [0.2, 0.25) is 0 Å². The first-order valence-corrected chi connectivity index (χ1v) is 55.0. The highest BCUT2D eigenvalue weighted by Gasteiger charge is 2.51. The molecule has 664 valence electrons. The Morgan fingerprint density at radius 3 is 0.809 bits per heavy atom. The first kappa shape index (κ1) is 86.2. The molecule has 0 N–H and O–H groups in total. The van der Waals surface area contributed by atoms with Crippen molar-refractivity contribution in [3.8, 4) is 169 Å². The van der Waals surface area contributed by atoms with E-state index in [-0.39, 0.29) is 0 Å². The molecule has 0 unspecified atom stereocenters. The predicted molar refractivity (Wildman–Crippen MR) is 590 cm³/mol. The second-order valence-corrected chi connectivity index (χ2v) is 48.3. The van der Waals surface area contributed by atoms with Gasteiger partial charge in [0.05, 0.1) is 0 Å². The molecular formula is C129H91N9Si3. The number of nitrogens with zero attached hydrogens (tertiary/aromatic N) is 9. The maximum absolute atomic E-state index is 5.24. The first-order valence-electron chi connectivity index (χ1n) is 48.0. The molecule has 0 atom stereocenters. The van der Waals surface area contributed by atoms with Crippen LogP contribution in [0.3, 0.4) is 0 Å². The molecule has 0 saturated carbocycles. The lowest BCUT2D eigenvalue weighted by Crippen LogP contribution is -2.72. The molecule has 0 aliphatic carbocycles. The van der Waals surface area contributed by atoms with Gasteiger partial charge in [-0.1, -0.05) is 523 Å². The number of hydrogen-bond acceptors (Lipinski definition) is 9. The van der Waals surface area contributed by atoms with E-state index in [1.54, 1.807) is 0 Å². The quantitative estimate of drug-likeness (QED) is 0.0872. The summed E-state index contributed by atoms with van der Waals surface area (Å²) in [6.07, 6.45) is 0. The minimum atomic E-state index is -2.65. The van der Waals surface area contributed by atoms with E-state index in [0.717, 1.165) is 61.2 Å². The van der Waals surface area contributed by atoms with Gasteiger partial charge in [-0.2, -0.15) is 0 Å². The normalized spacial score (nSPS) is 12.8. The van der Waals surface area contributed by atoms with Gasteiger partial charge in [0.25, 0.3) is 0 Å². The third kappa shape index (κ3) is 15.8. The van der Waals surface area contributed by atoms with Gasteiger partial charge in [0.1, 0.15) is 8.07 Å². The molecule has 0 bridgehead atoms. The molecule has 26 rings (SSSR count). The highest BCUT2D eigenvalue weighted by molar-refractivity contribution is 7.23. The van der Waals surface area contributed by atoms with Crippen LogP contribution in [-0.2, 0) is 0 Å². The van der Waals surface area contributed by atoms with Crippen molar-refractivity contribution in [2.24, 2.45) is 0 Å². The molecule has 9 nitrogen and oxygen atoms in total. The number of hydrogen-bond donors (Lipinski definition) is 0. The predicted octanol–water partition coefficient (Wildman–Crippen LogP) is 24.3. The van der Waals surface area contributed by atoms with Crippen molar-refractivity contribution in [2.45, 2.75) is 13.1 Å². The monoisotopic (exact) mass is 1850 g/mol. The number of fused-ring (bicyclic) bond motifs is 11. The molecule has 141 heavy (non-hydrogen) atoms. The summed E-state index contributed by atoms with van der Waals surface area (Å²) < 4.78 is 0. The summed E-state index contributed by atoms with van der Waals surface area (Å²) in [5, 5.41) is 16.6. The van der Waals surface area contributed by atoms with Crippen molar-refractivity contribution in [1.82, 2.24) is 44.9 Å². The lowest BCUT2D eigenvalue weighted by Gasteiger charge is -2.31. The van der Waals surface area contributed by atoms with Crippen LogP contribution in [-0.4, -0.2) is 69.1 Å². The first-order chi connectivity index (χ1) is 69.6. The van der Waals surface area contributed by atoms with E-state index in [0.29, 0.717) is 52.4 Å². The molecular weight excluding hydrogens is 1760 g/mol. The smallest absolute Gasteiger partial charge is 0.180 e. The molecule has 23 aromatic rings. The Morgan fingerprint density at radius 1 is 0.142 bits per heavy atom. The van der Waals surface area contributed by atoms with Crippen LogP contribution in [0.1, 0.15) is 0 Å². The number of aromatic nitrogens is 9. The Labute approximate surface area is 823 Å². The molecule has 0 saturated heterocycles. The summed E-state index contributed by atoms with van der Waals surface area (Å²) in [6, 6.07) is 183. The zero-order valence-electron chi connectivity index (χ0n) is 77.6. The molecule has 0 radical (unpaired) electrons. The summed E-state index contributed by atoms with van der Waals surface area (Å²) in [4.78, 5) is 45.8. The fourth-order valence-corrected chi connectivity index (χ4v) is 34.7. The van der Waals surface area contributed by atoms with Gasteiger partial charge in [-0.15, -0.1) is 0 Å². The van der Waals surface area contributed by atoms with E-state index in [4.69, 9.17) is 44.9 Å². The molecule has 6 heterocycles. The van der Waals surface area contributed by atoms with Crippen molar-refractivity contribution in [1.29, 1.82) is 0 Å². The lowest BCUT2D eigenvalue weighted by atomic mass is 9.97. The van der Waals surface area contributed by atoms with Crippen LogP contribution >= 0.6 is 0 Å². The Balaban J connectivity index is 0.000000115. The van der Waals surface area contributed by atoms with Crippen molar-refractivity contribution in [3.05, 3.63) is 516 Å². The van der Waals surface area contributed by atoms with E-state index >= 15 is 0 Å². The molecule has 12 heteroatoms. The Kier molecular flexibility index (Phi) is 22.7. The van der Waals surface area contributed by atoms with Crippen LogP contribution in [0.5, 0.6) is 0 Å². The fraction of sp³-hybridized carbons (Fsp3) is 0.0155. The second-order valence-electron chi connectivity index (χ2n) is 36.5. The molecule has 0 spiro atoms. The molecule has 0 amide bonds. The summed E-state index contributed by atoms with van der Waals surface area (Å²) in [7, 11) is -7.15. The number of benzene rings is 20. The maximum atomic E-state index is 5.24. The topological polar surface area (TPSA) is 116 Å². The van der Waals surface area contributed by atoms with Crippen molar-refractivity contribution in [3.63, 3.8) is 0 Å². The van der Waals surface area contributed by atoms with E-state index in [9.17, 15) is 0 Å². The zero-order chi connectivity index (χ0) is 94.2. The molecule has 3 aliphatic heterocycles. The van der Waals surface area contributed by atoms with Crippen LogP contribution in [0.15, 0.2) is 516 Å². The zero-order valence-corrected chi connectivity index (χ0v) is 80.6. The van der Waals surface area contributed by atoms with Gasteiger partial charge >= 0.3 is 0 Å². The van der Waals surface area contributed by atoms with Crippen molar-refractivity contribution in [2.75, 3.05) is 0 Å². The van der Waals surface area contributed by atoms with E-state index < -0.39 is 24.2 Å². The van der Waals surface area contributed by atoms with Crippen LogP contribution in [0.2, 0.25) is 13.1 Å². The summed E-state index contributed by atoms with van der Waals surface area (Å²) in [5.41, 5.74) is 23.6. The standard InChI is InChI=1S/2C45H31N3Si.C39H29N3Si/c1-5-16-32(17-6-1)33-28-30-35(31-29-33)44-46-43(34-18-7-2-8-19-34)47-45(48-44)39-25-15-27-41-42(39)38-24-13-14-26-40(38)49(41,36-20-9-3-10-21-36)37-22-11-4-12-23-37;1-5-15-32(16-6-1)33-25-27-35(28-26-33)44-46-43(34-17-7-2-8-18-34)47-45(48-44)36-29-30-42-40(31-36)39-23-13-14-24-41(39)49(42,37-19-9-3-10-20-37)38-21-11-4-12-22-38;1-43(2)34-24-22-28-13-9-10-16-32(28)36(34)33-23-21-31(25-35(33)43)39-41-37(29-14-7-4-8-15-29)40-38(42-39)30-19-17-27(18-20-30)26-11-5-3-6-12-26/h2*1-31H;3-25H,1-2H3. The van der Waals surface area contributed by atoms with E-state index in [1.807, 2.05) is 72.8 Å². The van der Waals surface area contributed by atoms with Crippen LogP contribution < -0.4 is 51.9 Å². The third-order valence-electron chi connectivity index (χ3n) is 28.0. The molecule has 3 aliphatic rings. The highest BCUT2D eigenvalue weighted by Crippen LogP contribution is 2.42. The Bertz CT molecular complexity index is 8480. The number of rotatable bonds is 16. The Morgan fingerprint density at radius 2 is 0.397 bits per heavy atom. The minimum absolute atomic E-state index is 0.654. The molecule has 0 fully saturated rings. The largest absolute Gasteiger partial charge is 0.208 e. The molecule has 20 aromatic carbocycles. The van der Waals surface area contributed by atoms with Gasteiger partial charge in [0, 0.05) is 50.1 Å². The SMILES string of the molecule is C[Si]1(C)c2cc(-c3nc(-c4ccccc4)nc(-c4ccc(-c5ccccc5)cc4)n3)ccc2-c2c1ccc1ccccc21.c1ccc(-c2ccc(-c3nc(-c4ccccc4)nc(-c4ccc5c(c4)-c4ccccc4[Si]5(c4ccccc4)c4ccccc4)n3)cc2)cc1.c1ccc(-c2ccc(-c3nc(-c4ccccc4)nc(-c4cccc5c4-c4ccccc4[Si]5(c4ccccc4)c4ccccc4)n3)cc2)cc1. The van der Waals surface area contributed by atoms with Gasteiger partial charge < -0.3 is 0 Å². The van der Waals surface area contributed by atoms with E-state index in [1.165, 1.54) is 118 Å². The average Bonchev–Trinajstić information content (AvgIpc) is 1.51. The van der Waals surface area contributed by atoms with Gasteiger partial charge in [-0.3, -0.25) is 0 Å².